The van der Waals surface area contributed by atoms with Crippen LogP contribution in [0.3, 0.4) is 0 Å². The minimum absolute atomic E-state index is 0.149. The first kappa shape index (κ1) is 19.1. The maximum atomic E-state index is 12.8. The number of hydrogen-bond donors (Lipinski definition) is 1. The summed E-state index contributed by atoms with van der Waals surface area (Å²) >= 11 is 1.22. The van der Waals surface area contributed by atoms with Gasteiger partial charge in [0.25, 0.3) is 15.9 Å². The van der Waals surface area contributed by atoms with E-state index < -0.39 is 10.0 Å². The summed E-state index contributed by atoms with van der Waals surface area (Å²) in [5.74, 6) is 0.891. The second-order valence-corrected chi connectivity index (χ2v) is 10.1. The van der Waals surface area contributed by atoms with Crippen LogP contribution in [0.2, 0.25) is 0 Å². The number of carbonyl (C=O) groups is 1. The zero-order chi connectivity index (χ0) is 20.7. The molecule has 1 aromatic heterocycles. The van der Waals surface area contributed by atoms with Gasteiger partial charge in [-0.2, -0.15) is 4.31 Å². The lowest BCUT2D eigenvalue weighted by Gasteiger charge is -2.28. The summed E-state index contributed by atoms with van der Waals surface area (Å²) in [5, 5.41) is 4.64. The fourth-order valence-electron chi connectivity index (χ4n) is 3.59. The number of ether oxygens (including phenoxy) is 2. The van der Waals surface area contributed by atoms with Crippen LogP contribution >= 0.6 is 11.3 Å². The van der Waals surface area contributed by atoms with E-state index in [1.807, 2.05) is 18.2 Å². The predicted molar refractivity (Wildman–Crippen MR) is 113 cm³/mol. The lowest BCUT2D eigenvalue weighted by molar-refractivity contribution is 0.102. The highest BCUT2D eigenvalue weighted by Crippen LogP contribution is 2.33. The van der Waals surface area contributed by atoms with E-state index in [-0.39, 0.29) is 19.2 Å². The number of carbonyl (C=O) groups excluding carboxylic acids is 1. The van der Waals surface area contributed by atoms with Crippen LogP contribution in [0.15, 0.2) is 58.1 Å². The highest BCUT2D eigenvalue weighted by Gasteiger charge is 2.29. The Balaban J connectivity index is 1.35. The number of hydrogen-bond acceptors (Lipinski definition) is 6. The molecule has 1 amide bonds. The number of amides is 1. The van der Waals surface area contributed by atoms with Crippen LogP contribution in [0, 0.1) is 0 Å². The SMILES string of the molecule is O=C(Nc1ccc2c(c1)CN(S(=O)(=O)c1cccs1)CC2)c1ccc2c(c1)OCO2. The van der Waals surface area contributed by atoms with Gasteiger partial charge < -0.3 is 14.8 Å². The van der Waals surface area contributed by atoms with Crippen molar-refractivity contribution in [1.29, 1.82) is 0 Å². The molecule has 2 aromatic carbocycles. The summed E-state index contributed by atoms with van der Waals surface area (Å²) in [6, 6.07) is 14.0. The van der Waals surface area contributed by atoms with Crippen LogP contribution in [0.4, 0.5) is 5.69 Å². The minimum atomic E-state index is -3.51. The van der Waals surface area contributed by atoms with Crippen molar-refractivity contribution >= 4 is 33.0 Å². The Hall–Kier alpha value is -2.88. The molecule has 0 fully saturated rings. The van der Waals surface area contributed by atoms with Gasteiger partial charge in [-0.25, -0.2) is 8.42 Å². The van der Waals surface area contributed by atoms with E-state index in [4.69, 9.17) is 9.47 Å². The molecule has 3 aromatic rings. The van der Waals surface area contributed by atoms with Gasteiger partial charge in [-0.3, -0.25) is 4.79 Å². The fourth-order valence-corrected chi connectivity index (χ4v) is 6.16. The van der Waals surface area contributed by atoms with Crippen molar-refractivity contribution in [3.8, 4) is 11.5 Å². The van der Waals surface area contributed by atoms with E-state index in [0.717, 1.165) is 11.1 Å². The molecule has 9 heteroatoms. The van der Waals surface area contributed by atoms with Crippen LogP contribution in [-0.2, 0) is 23.0 Å². The Morgan fingerprint density at radius 2 is 1.90 bits per heavy atom. The summed E-state index contributed by atoms with van der Waals surface area (Å²) in [6.07, 6.45) is 0.635. The number of nitrogens with zero attached hydrogens (tertiary/aromatic N) is 1. The number of thiophene rings is 1. The Bertz CT molecular complexity index is 1220. The first-order chi connectivity index (χ1) is 14.5. The molecular weight excluding hydrogens is 424 g/mol. The van der Waals surface area contributed by atoms with E-state index >= 15 is 0 Å². The molecule has 30 heavy (non-hydrogen) atoms. The predicted octanol–water partition coefficient (Wildman–Crippen LogP) is 3.48. The van der Waals surface area contributed by atoms with Gasteiger partial charge in [0.05, 0.1) is 0 Å². The van der Waals surface area contributed by atoms with Gasteiger partial charge in [0, 0.05) is 24.3 Å². The molecule has 3 heterocycles. The van der Waals surface area contributed by atoms with Gasteiger partial charge in [0.15, 0.2) is 11.5 Å². The summed E-state index contributed by atoms with van der Waals surface area (Å²) in [6.45, 7) is 0.871. The maximum Gasteiger partial charge on any atom is 0.255 e. The molecule has 0 saturated heterocycles. The van der Waals surface area contributed by atoms with Crippen molar-refractivity contribution in [1.82, 2.24) is 4.31 Å². The molecule has 0 atom stereocenters. The third-order valence-electron chi connectivity index (χ3n) is 5.17. The fraction of sp³-hybridized carbons (Fsp3) is 0.190. The molecule has 0 aliphatic carbocycles. The largest absolute Gasteiger partial charge is 0.454 e. The van der Waals surface area contributed by atoms with Crippen molar-refractivity contribution in [3.63, 3.8) is 0 Å². The van der Waals surface area contributed by atoms with Gasteiger partial charge in [-0.05, 0) is 59.3 Å². The summed E-state index contributed by atoms with van der Waals surface area (Å²) in [5.41, 5.74) is 3.06. The van der Waals surface area contributed by atoms with Crippen molar-refractivity contribution < 1.29 is 22.7 Å². The van der Waals surface area contributed by atoms with Crippen LogP contribution in [0.1, 0.15) is 21.5 Å². The maximum absolute atomic E-state index is 12.8. The third-order valence-corrected chi connectivity index (χ3v) is 8.38. The smallest absolute Gasteiger partial charge is 0.255 e. The number of fused-ring (bicyclic) bond motifs is 2. The van der Waals surface area contributed by atoms with Gasteiger partial charge in [-0.15, -0.1) is 11.3 Å². The number of anilines is 1. The van der Waals surface area contributed by atoms with Gasteiger partial charge in [0.1, 0.15) is 4.21 Å². The lowest BCUT2D eigenvalue weighted by atomic mass is 10.0. The minimum Gasteiger partial charge on any atom is -0.454 e. The van der Waals surface area contributed by atoms with Crippen LogP contribution in [0.25, 0.3) is 0 Å². The molecule has 2 aliphatic rings. The Morgan fingerprint density at radius 3 is 2.73 bits per heavy atom. The van der Waals surface area contributed by atoms with E-state index in [2.05, 4.69) is 5.32 Å². The second-order valence-electron chi connectivity index (χ2n) is 7.03. The zero-order valence-electron chi connectivity index (χ0n) is 15.8. The summed E-state index contributed by atoms with van der Waals surface area (Å²) < 4.78 is 38.1. The normalized spacial score (nSPS) is 15.6. The van der Waals surface area contributed by atoms with E-state index in [1.165, 1.54) is 15.6 Å². The van der Waals surface area contributed by atoms with Crippen molar-refractivity contribution in [2.45, 2.75) is 17.2 Å². The van der Waals surface area contributed by atoms with Crippen LogP contribution < -0.4 is 14.8 Å². The standard InChI is InChI=1S/C21H18N2O5S2/c24-21(15-4-6-18-19(11-15)28-13-27-18)22-17-5-3-14-7-8-23(12-16(14)10-17)30(25,26)20-2-1-9-29-20/h1-6,9-11H,7-8,12-13H2,(H,22,24). The van der Waals surface area contributed by atoms with Crippen LogP contribution in [-0.4, -0.2) is 32.0 Å². The molecule has 154 valence electrons. The van der Waals surface area contributed by atoms with Gasteiger partial charge in [0.2, 0.25) is 6.79 Å². The summed E-state index contributed by atoms with van der Waals surface area (Å²) in [4.78, 5) is 12.6. The van der Waals surface area contributed by atoms with Gasteiger partial charge >= 0.3 is 0 Å². The number of rotatable bonds is 4. The van der Waals surface area contributed by atoms with Gasteiger partial charge in [-0.1, -0.05) is 12.1 Å². The molecule has 7 nitrogen and oxygen atoms in total. The molecule has 0 unspecified atom stereocenters. The number of benzene rings is 2. The Morgan fingerprint density at radius 1 is 1.03 bits per heavy atom. The zero-order valence-corrected chi connectivity index (χ0v) is 17.5. The van der Waals surface area contributed by atoms with E-state index in [1.54, 1.807) is 35.7 Å². The van der Waals surface area contributed by atoms with Crippen molar-refractivity contribution in [2.75, 3.05) is 18.7 Å². The second kappa shape index (κ2) is 7.42. The first-order valence-electron chi connectivity index (χ1n) is 9.37. The molecule has 2 aliphatic heterocycles. The first-order valence-corrected chi connectivity index (χ1v) is 11.7. The van der Waals surface area contributed by atoms with E-state index in [9.17, 15) is 13.2 Å². The molecular formula is C21H18N2O5S2. The topological polar surface area (TPSA) is 84.9 Å². The average Bonchev–Trinajstić information content (AvgIpc) is 3.45. The number of nitrogens with one attached hydrogen (secondary N) is 1. The number of sulfonamides is 1. The average molecular weight is 443 g/mol. The lowest BCUT2D eigenvalue weighted by Crippen LogP contribution is -2.35. The van der Waals surface area contributed by atoms with Crippen molar-refractivity contribution in [2.24, 2.45) is 0 Å². The Kier molecular flexibility index (Phi) is 4.73. The Labute approximate surface area is 177 Å². The molecule has 0 bridgehead atoms. The summed E-state index contributed by atoms with van der Waals surface area (Å²) in [7, 11) is -3.51. The highest BCUT2D eigenvalue weighted by atomic mass is 32.2. The molecule has 0 saturated carbocycles. The molecule has 5 rings (SSSR count). The third kappa shape index (κ3) is 3.45. The van der Waals surface area contributed by atoms with Crippen molar-refractivity contribution in [3.05, 3.63) is 70.6 Å². The molecule has 0 spiro atoms. The quantitative estimate of drug-likeness (QED) is 0.669. The highest BCUT2D eigenvalue weighted by molar-refractivity contribution is 7.91. The molecule has 0 radical (unpaired) electrons. The van der Waals surface area contributed by atoms with Crippen LogP contribution in [0.5, 0.6) is 11.5 Å². The monoisotopic (exact) mass is 442 g/mol. The molecule has 1 N–H and O–H groups in total. The van der Waals surface area contributed by atoms with E-state index in [0.29, 0.717) is 39.9 Å².